The van der Waals surface area contributed by atoms with Gasteiger partial charge in [-0.1, -0.05) is 12.1 Å². The van der Waals surface area contributed by atoms with E-state index in [1.54, 1.807) is 12.3 Å². The molecule has 2 aromatic carbocycles. The first-order chi connectivity index (χ1) is 15.1. The molecule has 0 saturated carbocycles. The lowest BCUT2D eigenvalue weighted by Crippen LogP contribution is -2.32. The summed E-state index contributed by atoms with van der Waals surface area (Å²) in [6.45, 7) is 0.0447. The van der Waals surface area contributed by atoms with Gasteiger partial charge in [-0.2, -0.15) is 0 Å². The van der Waals surface area contributed by atoms with Gasteiger partial charge in [-0.15, -0.1) is 13.2 Å². The number of ether oxygens (including phenoxy) is 1. The summed E-state index contributed by atoms with van der Waals surface area (Å²) in [7, 11) is 3.82. The van der Waals surface area contributed by atoms with Crippen molar-refractivity contribution in [1.29, 1.82) is 0 Å². The Balaban J connectivity index is 1.57. The summed E-state index contributed by atoms with van der Waals surface area (Å²) in [5.41, 5.74) is 2.71. The number of hydrogen-bond acceptors (Lipinski definition) is 5. The molecule has 10 heteroatoms. The van der Waals surface area contributed by atoms with E-state index in [4.69, 9.17) is 0 Å². The maximum atomic E-state index is 12.9. The number of hydrogen-bond donors (Lipinski definition) is 0. The lowest BCUT2D eigenvalue weighted by molar-refractivity contribution is -0.274. The second-order valence-electron chi connectivity index (χ2n) is 7.45. The van der Waals surface area contributed by atoms with Gasteiger partial charge in [0.25, 0.3) is 5.91 Å². The predicted octanol–water partition coefficient (Wildman–Crippen LogP) is 4.17. The molecule has 0 aliphatic carbocycles. The summed E-state index contributed by atoms with van der Waals surface area (Å²) in [6, 6.07) is 11.6. The van der Waals surface area contributed by atoms with Crippen LogP contribution in [0.3, 0.4) is 0 Å². The average molecular weight is 444 g/mol. The number of urea groups is 1. The van der Waals surface area contributed by atoms with Gasteiger partial charge < -0.3 is 14.5 Å². The Morgan fingerprint density at radius 1 is 1.06 bits per heavy atom. The molecule has 1 saturated heterocycles. The summed E-state index contributed by atoms with van der Waals surface area (Å²) < 4.78 is 40.9. The maximum Gasteiger partial charge on any atom is 0.573 e. The monoisotopic (exact) mass is 444 g/mol. The van der Waals surface area contributed by atoms with Crippen LogP contribution in [0.5, 0.6) is 5.75 Å². The Hall–Kier alpha value is -3.82. The van der Waals surface area contributed by atoms with E-state index in [9.17, 15) is 22.8 Å². The Morgan fingerprint density at radius 3 is 2.44 bits per heavy atom. The van der Waals surface area contributed by atoms with Crippen molar-refractivity contribution < 1.29 is 27.5 Å². The number of amides is 3. The van der Waals surface area contributed by atoms with Gasteiger partial charge in [0.1, 0.15) is 12.3 Å². The second-order valence-corrected chi connectivity index (χ2v) is 7.45. The molecule has 1 aliphatic rings. The van der Waals surface area contributed by atoms with Gasteiger partial charge in [-0.05, 0) is 42.0 Å². The zero-order valence-electron chi connectivity index (χ0n) is 17.3. The van der Waals surface area contributed by atoms with E-state index < -0.39 is 24.1 Å². The van der Waals surface area contributed by atoms with Gasteiger partial charge in [0, 0.05) is 32.2 Å². The third-order valence-corrected chi connectivity index (χ3v) is 5.05. The highest BCUT2D eigenvalue weighted by molar-refractivity contribution is 6.19. The fraction of sp³-hybridized carbons (Fsp3) is 0.227. The van der Waals surface area contributed by atoms with Crippen molar-refractivity contribution in [1.82, 2.24) is 9.88 Å². The van der Waals surface area contributed by atoms with Crippen molar-refractivity contribution in [3.63, 3.8) is 0 Å². The molecule has 0 spiro atoms. The molecule has 3 aromatic rings. The minimum absolute atomic E-state index is 0.142. The van der Waals surface area contributed by atoms with Crippen LogP contribution in [-0.4, -0.2) is 48.8 Å². The Labute approximate surface area is 181 Å². The van der Waals surface area contributed by atoms with Crippen LogP contribution in [0.2, 0.25) is 0 Å². The fourth-order valence-corrected chi connectivity index (χ4v) is 3.65. The number of aromatic nitrogens is 1. The number of benzene rings is 2. The van der Waals surface area contributed by atoms with Gasteiger partial charge >= 0.3 is 12.4 Å². The summed E-state index contributed by atoms with van der Waals surface area (Å²) in [5.74, 6) is -0.899. The van der Waals surface area contributed by atoms with Crippen molar-refractivity contribution >= 4 is 34.2 Å². The summed E-state index contributed by atoms with van der Waals surface area (Å²) in [4.78, 5) is 34.2. The normalized spacial score (nSPS) is 14.4. The van der Waals surface area contributed by atoms with Crippen LogP contribution >= 0.6 is 0 Å². The molecule has 166 valence electrons. The zero-order valence-corrected chi connectivity index (χ0v) is 17.3. The molecule has 2 heterocycles. The minimum atomic E-state index is -4.82. The third-order valence-electron chi connectivity index (χ3n) is 5.05. The van der Waals surface area contributed by atoms with Crippen LogP contribution in [0.15, 0.2) is 54.7 Å². The molecule has 0 unspecified atom stereocenters. The van der Waals surface area contributed by atoms with Crippen molar-refractivity contribution in [3.05, 3.63) is 60.3 Å². The van der Waals surface area contributed by atoms with Crippen molar-refractivity contribution in [2.24, 2.45) is 0 Å². The van der Waals surface area contributed by atoms with E-state index in [0.29, 0.717) is 0 Å². The Morgan fingerprint density at radius 2 is 1.78 bits per heavy atom. The molecule has 7 nitrogen and oxygen atoms in total. The first-order valence-corrected chi connectivity index (χ1v) is 9.65. The number of alkyl halides is 3. The van der Waals surface area contributed by atoms with E-state index in [1.807, 2.05) is 37.2 Å². The number of rotatable bonds is 5. The number of carbonyl (C=O) groups excluding carboxylic acids is 2. The van der Waals surface area contributed by atoms with Gasteiger partial charge in [-0.3, -0.25) is 9.78 Å². The lowest BCUT2D eigenvalue weighted by Gasteiger charge is -2.19. The van der Waals surface area contributed by atoms with Crippen molar-refractivity contribution in [2.45, 2.75) is 12.9 Å². The molecule has 1 aliphatic heterocycles. The van der Waals surface area contributed by atoms with Crippen molar-refractivity contribution in [2.75, 3.05) is 30.4 Å². The average Bonchev–Trinajstić information content (AvgIpc) is 3.00. The van der Waals surface area contributed by atoms with E-state index in [2.05, 4.69) is 9.72 Å². The molecule has 0 bridgehead atoms. The molecule has 0 radical (unpaired) electrons. The lowest BCUT2D eigenvalue weighted by atomic mass is 10.1. The van der Waals surface area contributed by atoms with E-state index in [1.165, 1.54) is 17.0 Å². The predicted molar refractivity (Wildman–Crippen MR) is 112 cm³/mol. The largest absolute Gasteiger partial charge is 0.573 e. The number of carbonyl (C=O) groups is 2. The van der Waals surface area contributed by atoms with Crippen LogP contribution in [-0.2, 0) is 11.3 Å². The summed E-state index contributed by atoms with van der Waals surface area (Å²) in [5, 5.41) is 0.867. The fourth-order valence-electron chi connectivity index (χ4n) is 3.65. The molecule has 0 atom stereocenters. The van der Waals surface area contributed by atoms with E-state index in [0.717, 1.165) is 39.2 Å². The van der Waals surface area contributed by atoms with Gasteiger partial charge in [-0.25, -0.2) is 9.69 Å². The summed E-state index contributed by atoms with van der Waals surface area (Å²) in [6.07, 6.45) is -3.17. The van der Waals surface area contributed by atoms with Gasteiger partial charge in [0.05, 0.1) is 16.9 Å². The minimum Gasteiger partial charge on any atom is -0.406 e. The summed E-state index contributed by atoms with van der Waals surface area (Å²) >= 11 is 0. The quantitative estimate of drug-likeness (QED) is 0.553. The molecule has 0 N–H and O–H groups in total. The Bertz CT molecular complexity index is 1180. The van der Waals surface area contributed by atoms with Crippen LogP contribution in [0, 0.1) is 0 Å². The number of anilines is 2. The number of imide groups is 1. The first-order valence-electron chi connectivity index (χ1n) is 9.65. The highest BCUT2D eigenvalue weighted by Crippen LogP contribution is 2.30. The van der Waals surface area contributed by atoms with Crippen LogP contribution in [0.25, 0.3) is 10.9 Å². The maximum absolute atomic E-state index is 12.9. The molecular formula is C22H19F3N4O3. The van der Waals surface area contributed by atoms with E-state index >= 15 is 0 Å². The topological polar surface area (TPSA) is 66.0 Å². The Kier molecular flexibility index (Phi) is 5.37. The number of pyridine rings is 1. The number of fused-ring (bicyclic) bond motifs is 1. The smallest absolute Gasteiger partial charge is 0.406 e. The molecule has 4 rings (SSSR count). The molecule has 32 heavy (non-hydrogen) atoms. The van der Waals surface area contributed by atoms with E-state index in [-0.39, 0.29) is 18.8 Å². The van der Waals surface area contributed by atoms with Crippen LogP contribution in [0.4, 0.5) is 29.3 Å². The van der Waals surface area contributed by atoms with Crippen LogP contribution < -0.4 is 14.5 Å². The zero-order chi connectivity index (χ0) is 23.0. The number of halogens is 3. The third kappa shape index (κ3) is 4.16. The van der Waals surface area contributed by atoms with Gasteiger partial charge in [0.2, 0.25) is 0 Å². The van der Waals surface area contributed by atoms with Gasteiger partial charge in [0.15, 0.2) is 0 Å². The standard InChI is InChI=1S/C22H19F3N4O3/c1-27(2)18-5-3-4-17-14(10-11-26-20(17)18)12-28-13-19(30)29(21(28)31)15-6-8-16(9-7-15)32-22(23,24)25/h3-11H,12-13H2,1-2H3. The van der Waals surface area contributed by atoms with Crippen LogP contribution in [0.1, 0.15) is 5.56 Å². The second kappa shape index (κ2) is 8.03. The highest BCUT2D eigenvalue weighted by atomic mass is 19.4. The number of nitrogens with zero attached hydrogens (tertiary/aromatic N) is 4. The molecule has 1 aromatic heterocycles. The highest BCUT2D eigenvalue weighted by Gasteiger charge is 2.37. The molecule has 3 amide bonds. The molecular weight excluding hydrogens is 425 g/mol. The first kappa shape index (κ1) is 21.4. The van der Waals surface area contributed by atoms with Crippen molar-refractivity contribution in [3.8, 4) is 5.75 Å². The number of para-hydroxylation sites is 1. The SMILES string of the molecule is CN(C)c1cccc2c(CN3CC(=O)N(c4ccc(OC(F)(F)F)cc4)C3=O)ccnc12. The molecule has 1 fully saturated rings.